The highest BCUT2D eigenvalue weighted by Crippen LogP contribution is 2.44. The van der Waals surface area contributed by atoms with Crippen molar-refractivity contribution in [2.75, 3.05) is 0 Å². The first-order valence-corrected chi connectivity index (χ1v) is 8.51. The first-order valence-electron chi connectivity index (χ1n) is 8.51. The van der Waals surface area contributed by atoms with Crippen molar-refractivity contribution >= 4 is 16.3 Å². The van der Waals surface area contributed by atoms with E-state index < -0.39 is 0 Å². The molecule has 0 fully saturated rings. The topological polar surface area (TPSA) is 9.23 Å². The van der Waals surface area contributed by atoms with Gasteiger partial charge in [-0.05, 0) is 60.7 Å². The van der Waals surface area contributed by atoms with Crippen molar-refractivity contribution in [1.29, 1.82) is 0 Å². The summed E-state index contributed by atoms with van der Waals surface area (Å²) in [6, 6.07) is 13.3. The lowest BCUT2D eigenvalue weighted by Crippen LogP contribution is -2.27. The Morgan fingerprint density at radius 2 is 1.55 bits per heavy atom. The van der Waals surface area contributed by atoms with E-state index in [9.17, 15) is 0 Å². The molecule has 0 atom stereocenters. The van der Waals surface area contributed by atoms with E-state index in [1.54, 1.807) is 0 Å². The smallest absolute Gasteiger partial charge is 0.129 e. The summed E-state index contributed by atoms with van der Waals surface area (Å²) in [7, 11) is 0. The van der Waals surface area contributed by atoms with Gasteiger partial charge in [-0.25, -0.2) is 0 Å². The number of allylic oxidation sites excluding steroid dienone is 2. The summed E-state index contributed by atoms with van der Waals surface area (Å²) in [6.45, 7) is 8.86. The second-order valence-corrected chi connectivity index (χ2v) is 6.76. The molecule has 0 amide bonds. The van der Waals surface area contributed by atoms with E-state index in [1.807, 2.05) is 0 Å². The molecule has 0 saturated heterocycles. The van der Waals surface area contributed by atoms with Crippen LogP contribution in [0.2, 0.25) is 0 Å². The Morgan fingerprint density at radius 3 is 2.18 bits per heavy atom. The van der Waals surface area contributed by atoms with Gasteiger partial charge in [0, 0.05) is 12.0 Å². The van der Waals surface area contributed by atoms with Gasteiger partial charge in [0.25, 0.3) is 0 Å². The van der Waals surface area contributed by atoms with Crippen LogP contribution in [0.5, 0.6) is 0 Å². The molecule has 2 aromatic rings. The lowest BCUT2D eigenvalue weighted by molar-refractivity contribution is 0.0229. The Morgan fingerprint density at radius 1 is 0.909 bits per heavy atom. The Hall–Kier alpha value is -1.76. The van der Waals surface area contributed by atoms with E-state index >= 15 is 0 Å². The average Bonchev–Trinajstić information content (AvgIpc) is 2.50. The van der Waals surface area contributed by atoms with E-state index in [1.165, 1.54) is 33.2 Å². The van der Waals surface area contributed by atoms with E-state index in [0.717, 1.165) is 25.7 Å². The van der Waals surface area contributed by atoms with Crippen LogP contribution < -0.4 is 0 Å². The van der Waals surface area contributed by atoms with Gasteiger partial charge >= 0.3 is 0 Å². The minimum absolute atomic E-state index is 0.249. The van der Waals surface area contributed by atoms with Crippen LogP contribution in [0.25, 0.3) is 16.3 Å². The summed E-state index contributed by atoms with van der Waals surface area (Å²) in [5, 5.41) is 2.62. The summed E-state index contributed by atoms with van der Waals surface area (Å²) < 4.78 is 6.43. The molecule has 1 aliphatic rings. The number of fused-ring (bicyclic) bond motifs is 2. The molecule has 0 spiro atoms. The van der Waals surface area contributed by atoms with Crippen LogP contribution in [0.15, 0.2) is 42.2 Å². The van der Waals surface area contributed by atoms with Crippen molar-refractivity contribution in [3.63, 3.8) is 0 Å². The fraction of sp³-hybridized carbons (Fsp3) is 0.429. The van der Waals surface area contributed by atoms with E-state index in [-0.39, 0.29) is 5.60 Å². The Bertz CT molecular complexity index is 722. The zero-order valence-electron chi connectivity index (χ0n) is 14.2. The molecule has 1 nitrogen and oxygen atoms in total. The Kier molecular flexibility index (Phi) is 3.99. The molecular formula is C21H26O. The van der Waals surface area contributed by atoms with Crippen LogP contribution in [-0.4, -0.2) is 0 Å². The van der Waals surface area contributed by atoms with Gasteiger partial charge in [-0.2, -0.15) is 0 Å². The van der Waals surface area contributed by atoms with Crippen LogP contribution in [0.3, 0.4) is 0 Å². The molecule has 3 rings (SSSR count). The van der Waals surface area contributed by atoms with Gasteiger partial charge in [0.2, 0.25) is 0 Å². The normalized spacial score (nSPS) is 16.5. The van der Waals surface area contributed by atoms with Crippen LogP contribution >= 0.6 is 0 Å². The van der Waals surface area contributed by atoms with Crippen molar-refractivity contribution in [1.82, 2.24) is 0 Å². The van der Waals surface area contributed by atoms with Crippen LogP contribution in [0, 0.1) is 0 Å². The van der Waals surface area contributed by atoms with E-state index in [2.05, 4.69) is 64.1 Å². The van der Waals surface area contributed by atoms with Crippen LogP contribution in [-0.2, 0) is 10.3 Å². The second kappa shape index (κ2) is 5.79. The molecule has 0 aliphatic carbocycles. The highest BCUT2D eigenvalue weighted by molar-refractivity contribution is 5.89. The number of hydrogen-bond acceptors (Lipinski definition) is 1. The zero-order valence-corrected chi connectivity index (χ0v) is 14.2. The zero-order chi connectivity index (χ0) is 15.7. The van der Waals surface area contributed by atoms with Gasteiger partial charge in [-0.3, -0.25) is 0 Å². The predicted octanol–water partition coefficient (Wildman–Crippen LogP) is 6.42. The third-order valence-electron chi connectivity index (χ3n) is 4.55. The van der Waals surface area contributed by atoms with E-state index in [4.69, 9.17) is 4.74 Å². The van der Waals surface area contributed by atoms with Crippen LogP contribution in [0.1, 0.15) is 64.5 Å². The third-order valence-corrected chi connectivity index (χ3v) is 4.55. The molecule has 0 bridgehead atoms. The third kappa shape index (κ3) is 2.54. The van der Waals surface area contributed by atoms with E-state index in [0.29, 0.717) is 0 Å². The largest absolute Gasteiger partial charge is 0.487 e. The SMILES string of the molecule is CCCC1=C(CCC)c2cc3ccccc3cc2C(C)(C)O1. The molecule has 1 heterocycles. The van der Waals surface area contributed by atoms with Gasteiger partial charge in [-0.15, -0.1) is 0 Å². The van der Waals surface area contributed by atoms with Gasteiger partial charge in [0.15, 0.2) is 0 Å². The average molecular weight is 294 g/mol. The molecule has 116 valence electrons. The fourth-order valence-corrected chi connectivity index (χ4v) is 3.52. The van der Waals surface area contributed by atoms with Crippen molar-refractivity contribution in [2.45, 2.75) is 59.0 Å². The number of hydrogen-bond donors (Lipinski definition) is 0. The molecule has 0 unspecified atom stereocenters. The van der Waals surface area contributed by atoms with Gasteiger partial charge in [-0.1, -0.05) is 44.5 Å². The highest BCUT2D eigenvalue weighted by atomic mass is 16.5. The Balaban J connectivity index is 2.27. The van der Waals surface area contributed by atoms with Crippen molar-refractivity contribution in [3.05, 3.63) is 53.3 Å². The molecule has 22 heavy (non-hydrogen) atoms. The van der Waals surface area contributed by atoms with Crippen molar-refractivity contribution < 1.29 is 4.74 Å². The van der Waals surface area contributed by atoms with Gasteiger partial charge in [0.05, 0.1) is 0 Å². The molecule has 0 radical (unpaired) electrons. The molecule has 0 aromatic heterocycles. The summed E-state index contributed by atoms with van der Waals surface area (Å²) >= 11 is 0. The lowest BCUT2D eigenvalue weighted by atomic mass is 9.82. The first kappa shape index (κ1) is 15.1. The molecule has 1 aliphatic heterocycles. The highest BCUT2D eigenvalue weighted by Gasteiger charge is 2.33. The first-order chi connectivity index (χ1) is 10.6. The standard InChI is InChI=1S/C21H26O/c1-5-9-17-18-13-15-11-7-8-12-16(15)14-19(18)21(3,4)22-20(17)10-6-2/h7-8,11-14H,5-6,9-10H2,1-4H3. The lowest BCUT2D eigenvalue weighted by Gasteiger charge is -2.37. The quantitative estimate of drug-likeness (QED) is 0.632. The minimum atomic E-state index is -0.249. The summed E-state index contributed by atoms with van der Waals surface area (Å²) in [5.74, 6) is 1.21. The molecule has 0 saturated carbocycles. The number of rotatable bonds is 4. The monoisotopic (exact) mass is 294 g/mol. The summed E-state index contributed by atoms with van der Waals surface area (Å²) in [5.41, 5.74) is 3.90. The summed E-state index contributed by atoms with van der Waals surface area (Å²) in [4.78, 5) is 0. The predicted molar refractivity (Wildman–Crippen MR) is 94.8 cm³/mol. The maximum atomic E-state index is 6.43. The molecular weight excluding hydrogens is 268 g/mol. The van der Waals surface area contributed by atoms with Gasteiger partial charge in [0.1, 0.15) is 11.4 Å². The second-order valence-electron chi connectivity index (χ2n) is 6.76. The van der Waals surface area contributed by atoms with Crippen molar-refractivity contribution in [3.8, 4) is 0 Å². The number of ether oxygens (including phenoxy) is 1. The maximum Gasteiger partial charge on any atom is 0.129 e. The van der Waals surface area contributed by atoms with Gasteiger partial charge < -0.3 is 4.74 Å². The molecule has 0 N–H and O–H groups in total. The molecule has 2 aromatic carbocycles. The molecule has 1 heteroatoms. The maximum absolute atomic E-state index is 6.43. The minimum Gasteiger partial charge on any atom is -0.487 e. The van der Waals surface area contributed by atoms with Crippen molar-refractivity contribution in [2.24, 2.45) is 0 Å². The fourth-order valence-electron chi connectivity index (χ4n) is 3.52. The Labute approximate surface area is 134 Å². The van der Waals surface area contributed by atoms with Crippen LogP contribution in [0.4, 0.5) is 0 Å². The summed E-state index contributed by atoms with van der Waals surface area (Å²) in [6.07, 6.45) is 4.40. The number of benzene rings is 2.